The molecule has 0 aromatic carbocycles. The van der Waals surface area contributed by atoms with Crippen molar-refractivity contribution in [1.29, 1.82) is 0 Å². The first kappa shape index (κ1) is 7.97. The molecule has 2 heterocycles. The first-order valence-corrected chi connectivity index (χ1v) is 3.83. The van der Waals surface area contributed by atoms with E-state index >= 15 is 0 Å². The van der Waals surface area contributed by atoms with Crippen LogP contribution in [0.4, 0.5) is 0 Å². The molecule has 0 radical (unpaired) electrons. The van der Waals surface area contributed by atoms with Gasteiger partial charge in [0.05, 0.1) is 13.2 Å². The number of carbonyl (C=O) groups is 1. The van der Waals surface area contributed by atoms with Crippen LogP contribution in [-0.4, -0.2) is 49.2 Å². The number of hydrogen-bond acceptors (Lipinski definition) is 5. The number of aliphatic hydroxyl groups is 1. The Bertz CT molecular complexity index is 183. The Morgan fingerprint density at radius 3 is 2.83 bits per heavy atom. The zero-order valence-electron chi connectivity index (χ0n) is 6.38. The predicted molar refractivity (Wildman–Crippen MR) is 36.4 cm³/mol. The van der Waals surface area contributed by atoms with Crippen LogP contribution in [0, 0.1) is 0 Å². The molecule has 0 saturated carbocycles. The van der Waals surface area contributed by atoms with Crippen LogP contribution in [-0.2, 0) is 19.0 Å². The Balaban J connectivity index is 2.00. The summed E-state index contributed by atoms with van der Waals surface area (Å²) < 4.78 is 15.1. The van der Waals surface area contributed by atoms with Gasteiger partial charge < -0.3 is 19.3 Å². The zero-order chi connectivity index (χ0) is 8.55. The fraction of sp³-hybridized carbons (Fsp3) is 0.857. The van der Waals surface area contributed by atoms with E-state index in [0.29, 0.717) is 13.1 Å². The number of aliphatic hydroxyl groups excluding tert-OH is 1. The second-order valence-electron chi connectivity index (χ2n) is 2.93. The highest BCUT2D eigenvalue weighted by Gasteiger charge is 2.48. The van der Waals surface area contributed by atoms with Gasteiger partial charge in [0.25, 0.3) is 6.47 Å². The van der Waals surface area contributed by atoms with Crippen LogP contribution < -0.4 is 0 Å². The smallest absolute Gasteiger partial charge is 0.293 e. The second-order valence-corrected chi connectivity index (χ2v) is 2.93. The van der Waals surface area contributed by atoms with E-state index in [1.54, 1.807) is 0 Å². The molecule has 12 heavy (non-hydrogen) atoms. The molecule has 0 aromatic rings. The third kappa shape index (κ3) is 1.10. The van der Waals surface area contributed by atoms with Crippen LogP contribution in [0.1, 0.15) is 0 Å². The standard InChI is InChI=1S/C7H10O5/c8-3-12-5-2-11-6-4(9)1-10-7(5)6/h3-7,9H,1-2H2/t4-,5-,6+,7+/m0/s1. The Labute approximate surface area is 69.2 Å². The lowest BCUT2D eigenvalue weighted by Crippen LogP contribution is -2.32. The van der Waals surface area contributed by atoms with Crippen molar-refractivity contribution in [3.05, 3.63) is 0 Å². The third-order valence-corrected chi connectivity index (χ3v) is 2.21. The average Bonchev–Trinajstić information content (AvgIpc) is 2.58. The highest BCUT2D eigenvalue weighted by molar-refractivity contribution is 5.37. The fourth-order valence-corrected chi connectivity index (χ4v) is 1.63. The van der Waals surface area contributed by atoms with E-state index in [4.69, 9.17) is 14.2 Å². The SMILES string of the molecule is O=CO[C@H]1CO[C@H]2[C@@H]1OC[C@@H]2O. The van der Waals surface area contributed by atoms with Gasteiger partial charge in [-0.1, -0.05) is 0 Å². The molecular formula is C7H10O5. The van der Waals surface area contributed by atoms with Gasteiger partial charge in [-0.15, -0.1) is 0 Å². The molecule has 2 saturated heterocycles. The van der Waals surface area contributed by atoms with Crippen molar-refractivity contribution in [2.45, 2.75) is 24.4 Å². The quantitative estimate of drug-likeness (QED) is 0.526. The van der Waals surface area contributed by atoms with Gasteiger partial charge in [0.15, 0.2) is 6.10 Å². The van der Waals surface area contributed by atoms with E-state index in [-0.39, 0.29) is 24.9 Å². The van der Waals surface area contributed by atoms with Crippen LogP contribution in [0.5, 0.6) is 0 Å². The summed E-state index contributed by atoms with van der Waals surface area (Å²) in [7, 11) is 0. The highest BCUT2D eigenvalue weighted by Crippen LogP contribution is 2.28. The van der Waals surface area contributed by atoms with Gasteiger partial charge in [-0.25, -0.2) is 0 Å². The number of rotatable bonds is 2. The van der Waals surface area contributed by atoms with E-state index in [9.17, 15) is 9.90 Å². The Kier molecular flexibility index (Phi) is 2.00. The van der Waals surface area contributed by atoms with E-state index in [2.05, 4.69) is 0 Å². The minimum atomic E-state index is -0.588. The van der Waals surface area contributed by atoms with Gasteiger partial charge in [0.2, 0.25) is 0 Å². The molecule has 0 aliphatic carbocycles. The first-order valence-electron chi connectivity index (χ1n) is 3.83. The summed E-state index contributed by atoms with van der Waals surface area (Å²) in [5.41, 5.74) is 0. The van der Waals surface area contributed by atoms with E-state index in [0.717, 1.165) is 0 Å². The summed E-state index contributed by atoms with van der Waals surface area (Å²) in [5, 5.41) is 9.29. The molecule has 4 atom stereocenters. The predicted octanol–water partition coefficient (Wildman–Crippen LogP) is -1.31. The van der Waals surface area contributed by atoms with Crippen LogP contribution >= 0.6 is 0 Å². The molecule has 0 amide bonds. The van der Waals surface area contributed by atoms with Crippen molar-refractivity contribution >= 4 is 6.47 Å². The van der Waals surface area contributed by atoms with Gasteiger partial charge in [-0.3, -0.25) is 4.79 Å². The van der Waals surface area contributed by atoms with Gasteiger partial charge in [-0.05, 0) is 0 Å². The normalized spacial score (nSPS) is 45.8. The summed E-state index contributed by atoms with van der Waals surface area (Å²) in [5.74, 6) is 0. The Hall–Kier alpha value is -0.650. The number of fused-ring (bicyclic) bond motifs is 1. The minimum absolute atomic E-state index is 0.258. The van der Waals surface area contributed by atoms with Crippen molar-refractivity contribution in [2.75, 3.05) is 13.2 Å². The lowest BCUT2D eigenvalue weighted by Gasteiger charge is -2.12. The van der Waals surface area contributed by atoms with Gasteiger partial charge in [-0.2, -0.15) is 0 Å². The summed E-state index contributed by atoms with van der Waals surface area (Å²) in [6.45, 7) is 0.948. The molecule has 5 nitrogen and oxygen atoms in total. The molecule has 2 rings (SSSR count). The fourth-order valence-electron chi connectivity index (χ4n) is 1.63. The monoisotopic (exact) mass is 174 g/mol. The number of ether oxygens (including phenoxy) is 3. The summed E-state index contributed by atoms with van der Waals surface area (Å²) in [6, 6.07) is 0. The molecule has 2 aliphatic heterocycles. The van der Waals surface area contributed by atoms with Gasteiger partial charge in [0, 0.05) is 0 Å². The van der Waals surface area contributed by atoms with Crippen LogP contribution in [0.25, 0.3) is 0 Å². The summed E-state index contributed by atoms with van der Waals surface area (Å²) >= 11 is 0. The lowest BCUT2D eigenvalue weighted by atomic mass is 10.1. The summed E-state index contributed by atoms with van der Waals surface area (Å²) in [6.07, 6.45) is -1.56. The van der Waals surface area contributed by atoms with Gasteiger partial charge >= 0.3 is 0 Å². The van der Waals surface area contributed by atoms with E-state index in [1.807, 2.05) is 0 Å². The molecule has 5 heteroatoms. The van der Waals surface area contributed by atoms with Crippen molar-refractivity contribution in [2.24, 2.45) is 0 Å². The third-order valence-electron chi connectivity index (χ3n) is 2.21. The van der Waals surface area contributed by atoms with Crippen molar-refractivity contribution in [3.8, 4) is 0 Å². The topological polar surface area (TPSA) is 65.0 Å². The van der Waals surface area contributed by atoms with Crippen LogP contribution in [0.15, 0.2) is 0 Å². The largest absolute Gasteiger partial charge is 0.459 e. The van der Waals surface area contributed by atoms with Crippen molar-refractivity contribution in [1.82, 2.24) is 0 Å². The average molecular weight is 174 g/mol. The van der Waals surface area contributed by atoms with Crippen LogP contribution in [0.2, 0.25) is 0 Å². The van der Waals surface area contributed by atoms with E-state index in [1.165, 1.54) is 0 Å². The Morgan fingerprint density at radius 2 is 2.08 bits per heavy atom. The molecule has 2 fully saturated rings. The number of hydrogen-bond donors (Lipinski definition) is 1. The maximum absolute atomic E-state index is 10.0. The summed E-state index contributed by atoms with van der Waals surface area (Å²) in [4.78, 5) is 10.0. The van der Waals surface area contributed by atoms with Crippen LogP contribution in [0.3, 0.4) is 0 Å². The molecule has 1 N–H and O–H groups in total. The molecular weight excluding hydrogens is 164 g/mol. The molecule has 2 aliphatic rings. The van der Waals surface area contributed by atoms with E-state index < -0.39 is 6.10 Å². The highest BCUT2D eigenvalue weighted by atomic mass is 16.6. The molecule has 0 spiro atoms. The Morgan fingerprint density at radius 1 is 1.33 bits per heavy atom. The molecule has 0 aromatic heterocycles. The molecule has 0 unspecified atom stereocenters. The molecule has 0 bridgehead atoms. The van der Waals surface area contributed by atoms with Gasteiger partial charge in [0.1, 0.15) is 18.3 Å². The maximum atomic E-state index is 10.0. The second kappa shape index (κ2) is 3.01. The lowest BCUT2D eigenvalue weighted by molar-refractivity contribution is -0.138. The maximum Gasteiger partial charge on any atom is 0.293 e. The zero-order valence-corrected chi connectivity index (χ0v) is 6.38. The minimum Gasteiger partial charge on any atom is -0.459 e. The number of carbonyl (C=O) groups excluding carboxylic acids is 1. The van der Waals surface area contributed by atoms with Crippen molar-refractivity contribution in [3.63, 3.8) is 0 Å². The first-order chi connectivity index (χ1) is 5.83. The molecule has 68 valence electrons. The van der Waals surface area contributed by atoms with Crippen molar-refractivity contribution < 1.29 is 24.1 Å².